The monoisotopic (exact) mass is 378 g/mol. The van der Waals surface area contributed by atoms with Gasteiger partial charge in [0, 0.05) is 45.6 Å². The van der Waals surface area contributed by atoms with E-state index in [-0.39, 0.29) is 5.91 Å². The summed E-state index contributed by atoms with van der Waals surface area (Å²) in [5, 5.41) is 0. The topological polar surface area (TPSA) is 47.6 Å². The molecule has 2 aliphatic rings. The second-order valence-electron chi connectivity index (χ2n) is 7.91. The Kier molecular flexibility index (Phi) is 6.05. The molecule has 1 amide bonds. The van der Waals surface area contributed by atoms with Gasteiger partial charge in [0.05, 0.1) is 6.04 Å². The van der Waals surface area contributed by atoms with Crippen LogP contribution in [-0.2, 0) is 4.79 Å². The van der Waals surface area contributed by atoms with Crippen LogP contribution in [-0.4, -0.2) is 55.0 Å². The molecule has 5 heteroatoms. The maximum absolute atomic E-state index is 11.7. The Balaban J connectivity index is 1.40. The first-order valence-electron chi connectivity index (χ1n) is 10.3. The van der Waals surface area contributed by atoms with E-state index in [0.29, 0.717) is 12.0 Å². The summed E-state index contributed by atoms with van der Waals surface area (Å²) in [5.41, 5.74) is 10.7. The Morgan fingerprint density at radius 3 is 2.46 bits per heavy atom. The molecule has 2 fully saturated rings. The first-order valence-corrected chi connectivity index (χ1v) is 10.3. The van der Waals surface area contributed by atoms with Gasteiger partial charge in [-0.1, -0.05) is 54.6 Å². The van der Waals surface area contributed by atoms with Gasteiger partial charge in [-0.05, 0) is 29.7 Å². The van der Waals surface area contributed by atoms with Gasteiger partial charge >= 0.3 is 0 Å². The summed E-state index contributed by atoms with van der Waals surface area (Å²) >= 11 is 0. The van der Waals surface area contributed by atoms with E-state index in [0.717, 1.165) is 45.7 Å². The van der Waals surface area contributed by atoms with Gasteiger partial charge in [0.25, 0.3) is 0 Å². The third kappa shape index (κ3) is 4.43. The fourth-order valence-electron chi connectivity index (χ4n) is 4.37. The summed E-state index contributed by atoms with van der Waals surface area (Å²) in [5.74, 6) is 0.717. The molecule has 2 heterocycles. The zero-order valence-corrected chi connectivity index (χ0v) is 16.6. The molecule has 2 saturated heterocycles. The van der Waals surface area contributed by atoms with Crippen LogP contribution < -0.4 is 10.9 Å². The molecule has 0 radical (unpaired) electrons. The predicted molar refractivity (Wildman–Crippen MR) is 113 cm³/mol. The SMILES string of the molecule is CC(=O)N1CCCN(CC2CNNC2c2ccc(-c3ccccc3)cc2)CC1. The average Bonchev–Trinajstić information content (AvgIpc) is 3.05. The summed E-state index contributed by atoms with van der Waals surface area (Å²) in [6, 6.07) is 19.8. The van der Waals surface area contributed by atoms with Crippen molar-refractivity contribution in [2.24, 2.45) is 5.92 Å². The highest BCUT2D eigenvalue weighted by Gasteiger charge is 2.30. The van der Waals surface area contributed by atoms with E-state index in [1.807, 2.05) is 4.90 Å². The summed E-state index contributed by atoms with van der Waals surface area (Å²) in [6.45, 7) is 7.47. The Morgan fingerprint density at radius 2 is 1.71 bits per heavy atom. The zero-order valence-electron chi connectivity index (χ0n) is 16.6. The van der Waals surface area contributed by atoms with Crippen molar-refractivity contribution in [3.63, 3.8) is 0 Å². The second kappa shape index (κ2) is 8.86. The zero-order chi connectivity index (χ0) is 19.3. The standard InChI is InChI=1S/C23H30N4O/c1-18(28)27-13-5-12-26(14-15-27)17-22-16-24-25-23(22)21-10-8-20(9-11-21)19-6-3-2-4-7-19/h2-4,6-11,22-25H,5,12-17H2,1H3. The number of carbonyl (C=O) groups excluding carboxylic acids is 1. The van der Waals surface area contributed by atoms with Crippen LogP contribution >= 0.6 is 0 Å². The molecular formula is C23H30N4O. The number of rotatable bonds is 4. The molecule has 2 unspecified atom stereocenters. The van der Waals surface area contributed by atoms with E-state index in [1.165, 1.54) is 16.7 Å². The summed E-state index contributed by atoms with van der Waals surface area (Å²) in [7, 11) is 0. The molecule has 0 saturated carbocycles. The third-order valence-corrected chi connectivity index (χ3v) is 6.00. The number of carbonyl (C=O) groups is 1. The smallest absolute Gasteiger partial charge is 0.219 e. The van der Waals surface area contributed by atoms with E-state index in [4.69, 9.17) is 0 Å². The Morgan fingerprint density at radius 1 is 0.964 bits per heavy atom. The molecule has 4 rings (SSSR count). The Hall–Kier alpha value is -2.21. The lowest BCUT2D eigenvalue weighted by Crippen LogP contribution is -2.37. The van der Waals surface area contributed by atoms with E-state index >= 15 is 0 Å². The minimum atomic E-state index is 0.197. The van der Waals surface area contributed by atoms with Crippen molar-refractivity contribution < 1.29 is 4.79 Å². The number of hydrogen-bond donors (Lipinski definition) is 2. The second-order valence-corrected chi connectivity index (χ2v) is 7.91. The molecule has 0 bridgehead atoms. The van der Waals surface area contributed by atoms with E-state index < -0.39 is 0 Å². The number of nitrogens with one attached hydrogen (secondary N) is 2. The maximum Gasteiger partial charge on any atom is 0.219 e. The van der Waals surface area contributed by atoms with E-state index in [2.05, 4.69) is 70.3 Å². The van der Waals surface area contributed by atoms with Gasteiger partial charge in [-0.3, -0.25) is 10.2 Å². The first kappa shape index (κ1) is 19.1. The lowest BCUT2D eigenvalue weighted by molar-refractivity contribution is -0.128. The molecule has 2 aromatic carbocycles. The highest BCUT2D eigenvalue weighted by atomic mass is 16.2. The highest BCUT2D eigenvalue weighted by molar-refractivity contribution is 5.73. The lowest BCUT2D eigenvalue weighted by atomic mass is 9.93. The van der Waals surface area contributed by atoms with Crippen molar-refractivity contribution in [1.29, 1.82) is 0 Å². The van der Waals surface area contributed by atoms with Crippen LogP contribution in [0.5, 0.6) is 0 Å². The number of nitrogens with zero attached hydrogens (tertiary/aromatic N) is 2. The molecule has 0 aliphatic carbocycles. The number of amides is 1. The van der Waals surface area contributed by atoms with Crippen LogP contribution in [0.3, 0.4) is 0 Å². The molecule has 148 valence electrons. The molecule has 0 aromatic heterocycles. The van der Waals surface area contributed by atoms with Gasteiger partial charge in [0.2, 0.25) is 5.91 Å². The normalized spacial score (nSPS) is 23.5. The minimum absolute atomic E-state index is 0.197. The third-order valence-electron chi connectivity index (χ3n) is 6.00. The number of benzene rings is 2. The fraction of sp³-hybridized carbons (Fsp3) is 0.435. The molecule has 2 N–H and O–H groups in total. The van der Waals surface area contributed by atoms with Gasteiger partial charge in [0.1, 0.15) is 0 Å². The van der Waals surface area contributed by atoms with Crippen LogP contribution in [0.25, 0.3) is 11.1 Å². The van der Waals surface area contributed by atoms with Crippen molar-refractivity contribution in [1.82, 2.24) is 20.7 Å². The molecule has 5 nitrogen and oxygen atoms in total. The van der Waals surface area contributed by atoms with Crippen LogP contribution in [0.4, 0.5) is 0 Å². The van der Waals surface area contributed by atoms with Crippen molar-refractivity contribution in [2.45, 2.75) is 19.4 Å². The van der Waals surface area contributed by atoms with Crippen LogP contribution in [0, 0.1) is 5.92 Å². The number of hydrazine groups is 1. The van der Waals surface area contributed by atoms with E-state index in [1.54, 1.807) is 6.92 Å². The fourth-order valence-corrected chi connectivity index (χ4v) is 4.37. The van der Waals surface area contributed by atoms with Gasteiger partial charge in [0.15, 0.2) is 0 Å². The summed E-state index contributed by atoms with van der Waals surface area (Å²) in [6.07, 6.45) is 1.06. The average molecular weight is 379 g/mol. The minimum Gasteiger partial charge on any atom is -0.342 e. The molecular weight excluding hydrogens is 348 g/mol. The van der Waals surface area contributed by atoms with Crippen molar-refractivity contribution >= 4 is 5.91 Å². The van der Waals surface area contributed by atoms with Crippen molar-refractivity contribution in [3.05, 3.63) is 60.2 Å². The molecule has 2 atom stereocenters. The molecule has 2 aliphatic heterocycles. The lowest BCUT2D eigenvalue weighted by Gasteiger charge is -2.27. The van der Waals surface area contributed by atoms with Gasteiger partial charge in [-0.2, -0.15) is 0 Å². The Bertz CT molecular complexity index is 777. The summed E-state index contributed by atoms with van der Waals surface area (Å²) in [4.78, 5) is 16.2. The molecule has 28 heavy (non-hydrogen) atoms. The molecule has 0 spiro atoms. The summed E-state index contributed by atoms with van der Waals surface area (Å²) < 4.78 is 0. The molecule has 2 aromatic rings. The van der Waals surface area contributed by atoms with Crippen LogP contribution in [0.1, 0.15) is 24.9 Å². The van der Waals surface area contributed by atoms with E-state index in [9.17, 15) is 4.79 Å². The Labute approximate surface area is 167 Å². The maximum atomic E-state index is 11.7. The highest BCUT2D eigenvalue weighted by Crippen LogP contribution is 2.28. The van der Waals surface area contributed by atoms with Gasteiger partial charge < -0.3 is 9.80 Å². The van der Waals surface area contributed by atoms with Crippen LogP contribution in [0.2, 0.25) is 0 Å². The number of hydrogen-bond acceptors (Lipinski definition) is 4. The van der Waals surface area contributed by atoms with Crippen molar-refractivity contribution in [2.75, 3.05) is 39.3 Å². The predicted octanol–water partition coefficient (Wildman–Crippen LogP) is 2.67. The van der Waals surface area contributed by atoms with Crippen LogP contribution in [0.15, 0.2) is 54.6 Å². The van der Waals surface area contributed by atoms with Gasteiger partial charge in [-0.15, -0.1) is 0 Å². The van der Waals surface area contributed by atoms with Gasteiger partial charge in [-0.25, -0.2) is 5.43 Å². The largest absolute Gasteiger partial charge is 0.342 e. The van der Waals surface area contributed by atoms with Crippen molar-refractivity contribution in [3.8, 4) is 11.1 Å². The quantitative estimate of drug-likeness (QED) is 0.859. The first-order chi connectivity index (χ1) is 13.7.